The number of carbonyl (C=O) groups is 1. The van der Waals surface area contributed by atoms with Crippen molar-refractivity contribution in [3.05, 3.63) is 24.0 Å². The van der Waals surface area contributed by atoms with Crippen LogP contribution in [0.5, 0.6) is 0 Å². The molecule has 0 saturated carbocycles. The number of ether oxygens (including phenoxy) is 1. The minimum absolute atomic E-state index is 0.495. The van der Waals surface area contributed by atoms with E-state index in [1.165, 1.54) is 14.0 Å². The molecular weight excluding hydrogens is 158 g/mol. The van der Waals surface area contributed by atoms with E-state index in [0.717, 1.165) is 0 Å². The molecule has 1 atom stereocenters. The van der Waals surface area contributed by atoms with E-state index in [0.29, 0.717) is 5.56 Å². The van der Waals surface area contributed by atoms with Crippen LogP contribution in [0.1, 0.15) is 12.5 Å². The van der Waals surface area contributed by atoms with E-state index < -0.39 is 11.6 Å². The van der Waals surface area contributed by atoms with Gasteiger partial charge in [-0.3, -0.25) is 0 Å². The van der Waals surface area contributed by atoms with Gasteiger partial charge in [0.15, 0.2) is 5.60 Å². The van der Waals surface area contributed by atoms with Gasteiger partial charge in [0, 0.05) is 18.0 Å². The Morgan fingerprint density at radius 1 is 1.75 bits per heavy atom. The first kappa shape index (κ1) is 8.80. The smallest absolute Gasteiger partial charge is 0.342 e. The van der Waals surface area contributed by atoms with Gasteiger partial charge in [-0.25, -0.2) is 4.79 Å². The molecule has 0 radical (unpaired) electrons. The van der Waals surface area contributed by atoms with Crippen molar-refractivity contribution in [1.29, 1.82) is 0 Å². The van der Waals surface area contributed by atoms with Crippen LogP contribution in [0.2, 0.25) is 0 Å². The van der Waals surface area contributed by atoms with Crippen LogP contribution in [0.4, 0.5) is 0 Å². The summed E-state index contributed by atoms with van der Waals surface area (Å²) in [6.45, 7) is 1.39. The summed E-state index contributed by atoms with van der Waals surface area (Å²) in [6.07, 6.45) is 3.18. The summed E-state index contributed by atoms with van der Waals surface area (Å²) in [5.41, 5.74) is -1.07. The molecule has 66 valence electrons. The predicted molar refractivity (Wildman–Crippen MR) is 42.4 cm³/mol. The van der Waals surface area contributed by atoms with Gasteiger partial charge in [-0.1, -0.05) is 0 Å². The number of carbonyl (C=O) groups excluding carboxylic acids is 1. The second-order valence-electron chi connectivity index (χ2n) is 2.66. The molecule has 0 aliphatic rings. The van der Waals surface area contributed by atoms with Gasteiger partial charge in [-0.2, -0.15) is 0 Å². The molecule has 0 aromatic carbocycles. The Labute approximate surface area is 70.2 Å². The summed E-state index contributed by atoms with van der Waals surface area (Å²) < 4.78 is 4.44. The summed E-state index contributed by atoms with van der Waals surface area (Å²) >= 11 is 0. The minimum atomic E-state index is -1.56. The fraction of sp³-hybridized carbons (Fsp3) is 0.375. The fourth-order valence-electron chi connectivity index (χ4n) is 0.943. The maximum Gasteiger partial charge on any atom is 0.342 e. The number of nitrogens with one attached hydrogen (secondary N) is 1. The monoisotopic (exact) mass is 169 g/mol. The highest BCUT2D eigenvalue weighted by Gasteiger charge is 2.33. The summed E-state index contributed by atoms with van der Waals surface area (Å²) in [4.78, 5) is 13.8. The molecule has 1 aromatic heterocycles. The third kappa shape index (κ3) is 1.33. The van der Waals surface area contributed by atoms with Crippen molar-refractivity contribution in [3.8, 4) is 0 Å². The topological polar surface area (TPSA) is 62.3 Å². The molecule has 0 aliphatic heterocycles. The molecule has 0 bridgehead atoms. The lowest BCUT2D eigenvalue weighted by Gasteiger charge is -2.18. The average Bonchev–Trinajstić information content (AvgIpc) is 2.55. The molecule has 12 heavy (non-hydrogen) atoms. The largest absolute Gasteiger partial charge is 0.467 e. The molecule has 1 aromatic rings. The number of hydrogen-bond donors (Lipinski definition) is 2. The van der Waals surface area contributed by atoms with Crippen LogP contribution < -0.4 is 0 Å². The number of aliphatic hydroxyl groups is 1. The van der Waals surface area contributed by atoms with Gasteiger partial charge in [0.25, 0.3) is 0 Å². The number of H-pyrrole nitrogens is 1. The second kappa shape index (κ2) is 2.98. The quantitative estimate of drug-likeness (QED) is 0.630. The van der Waals surface area contributed by atoms with Crippen LogP contribution in [-0.2, 0) is 15.1 Å². The molecule has 2 N–H and O–H groups in total. The van der Waals surface area contributed by atoms with E-state index in [9.17, 15) is 9.90 Å². The Bertz CT molecular complexity index is 264. The van der Waals surface area contributed by atoms with Crippen molar-refractivity contribution in [2.45, 2.75) is 12.5 Å². The standard InChI is InChI=1S/C8H11NO3/c1-8(11,7(10)12-2)6-3-4-9-5-6/h3-5,9,11H,1-2H3. The summed E-state index contributed by atoms with van der Waals surface area (Å²) in [5, 5.41) is 9.65. The fourth-order valence-corrected chi connectivity index (χ4v) is 0.943. The van der Waals surface area contributed by atoms with Crippen molar-refractivity contribution in [3.63, 3.8) is 0 Å². The lowest BCUT2D eigenvalue weighted by molar-refractivity contribution is -0.161. The number of aromatic nitrogens is 1. The maximum absolute atomic E-state index is 11.0. The highest BCUT2D eigenvalue weighted by molar-refractivity contribution is 5.80. The molecule has 0 spiro atoms. The maximum atomic E-state index is 11.0. The molecule has 0 fully saturated rings. The molecule has 0 aliphatic carbocycles. The Hall–Kier alpha value is -1.29. The van der Waals surface area contributed by atoms with Gasteiger partial charge in [0.2, 0.25) is 0 Å². The molecule has 1 rings (SSSR count). The van der Waals surface area contributed by atoms with E-state index in [1.54, 1.807) is 18.5 Å². The third-order valence-corrected chi connectivity index (χ3v) is 1.74. The van der Waals surface area contributed by atoms with Gasteiger partial charge < -0.3 is 14.8 Å². The molecule has 0 amide bonds. The Balaban J connectivity index is 2.93. The van der Waals surface area contributed by atoms with Crippen LogP contribution >= 0.6 is 0 Å². The summed E-state index contributed by atoms with van der Waals surface area (Å²) in [7, 11) is 1.24. The summed E-state index contributed by atoms with van der Waals surface area (Å²) in [5.74, 6) is -0.665. The zero-order valence-corrected chi connectivity index (χ0v) is 7.00. The number of hydrogen-bond acceptors (Lipinski definition) is 3. The van der Waals surface area contributed by atoms with Gasteiger partial charge >= 0.3 is 5.97 Å². The van der Waals surface area contributed by atoms with Crippen molar-refractivity contribution in [1.82, 2.24) is 4.98 Å². The summed E-state index contributed by atoms with van der Waals surface area (Å²) in [6, 6.07) is 1.62. The lowest BCUT2D eigenvalue weighted by Crippen LogP contribution is -2.32. The molecule has 4 nitrogen and oxygen atoms in total. The van der Waals surface area contributed by atoms with Crippen molar-refractivity contribution in [2.24, 2.45) is 0 Å². The zero-order valence-electron chi connectivity index (χ0n) is 7.00. The SMILES string of the molecule is COC(=O)C(C)(O)c1cc[nH]c1. The van der Waals surface area contributed by atoms with Crippen LogP contribution in [0.3, 0.4) is 0 Å². The van der Waals surface area contributed by atoms with Gasteiger partial charge in [0.05, 0.1) is 7.11 Å². The van der Waals surface area contributed by atoms with Crippen LogP contribution in [0, 0.1) is 0 Å². The molecule has 1 unspecified atom stereocenters. The zero-order chi connectivity index (χ0) is 9.19. The Morgan fingerprint density at radius 3 is 2.83 bits per heavy atom. The Morgan fingerprint density at radius 2 is 2.42 bits per heavy atom. The van der Waals surface area contributed by atoms with Gasteiger partial charge in [-0.15, -0.1) is 0 Å². The second-order valence-corrected chi connectivity index (χ2v) is 2.66. The highest BCUT2D eigenvalue weighted by atomic mass is 16.5. The molecule has 4 heteroatoms. The molecule has 1 heterocycles. The molecular formula is C8H11NO3. The van der Waals surface area contributed by atoms with E-state index in [2.05, 4.69) is 9.72 Å². The van der Waals surface area contributed by atoms with E-state index in [4.69, 9.17) is 0 Å². The third-order valence-electron chi connectivity index (χ3n) is 1.74. The van der Waals surface area contributed by atoms with Crippen LogP contribution in [0.15, 0.2) is 18.5 Å². The number of aromatic amines is 1. The van der Waals surface area contributed by atoms with Gasteiger partial charge in [-0.05, 0) is 13.0 Å². The predicted octanol–water partition coefficient (Wildman–Crippen LogP) is 0.395. The van der Waals surface area contributed by atoms with Crippen molar-refractivity contribution >= 4 is 5.97 Å². The number of methoxy groups -OCH3 is 1. The molecule has 0 saturated heterocycles. The first-order chi connectivity index (χ1) is 5.59. The first-order valence-electron chi connectivity index (χ1n) is 3.53. The number of rotatable bonds is 2. The van der Waals surface area contributed by atoms with Gasteiger partial charge in [0.1, 0.15) is 0 Å². The average molecular weight is 169 g/mol. The van der Waals surface area contributed by atoms with E-state index >= 15 is 0 Å². The normalized spacial score (nSPS) is 15.2. The highest BCUT2D eigenvalue weighted by Crippen LogP contribution is 2.20. The first-order valence-corrected chi connectivity index (χ1v) is 3.53. The number of esters is 1. The Kier molecular flexibility index (Phi) is 2.19. The van der Waals surface area contributed by atoms with Crippen LogP contribution in [-0.4, -0.2) is 23.2 Å². The minimum Gasteiger partial charge on any atom is -0.467 e. The van der Waals surface area contributed by atoms with E-state index in [1.807, 2.05) is 0 Å². The lowest BCUT2D eigenvalue weighted by atomic mass is 10.00. The van der Waals surface area contributed by atoms with Crippen molar-refractivity contribution in [2.75, 3.05) is 7.11 Å². The van der Waals surface area contributed by atoms with Crippen LogP contribution in [0.25, 0.3) is 0 Å². The van der Waals surface area contributed by atoms with E-state index in [-0.39, 0.29) is 0 Å². The van der Waals surface area contributed by atoms with Crippen molar-refractivity contribution < 1.29 is 14.6 Å².